The third kappa shape index (κ3) is 2.52. The summed E-state index contributed by atoms with van der Waals surface area (Å²) in [4.78, 5) is 21.1. The average molecular weight is 340 g/mol. The van der Waals surface area contributed by atoms with Gasteiger partial charge in [0.2, 0.25) is 5.95 Å². The number of piperazine rings is 1. The van der Waals surface area contributed by atoms with Gasteiger partial charge in [0, 0.05) is 43.7 Å². The van der Waals surface area contributed by atoms with Crippen LogP contribution in [-0.2, 0) is 6.54 Å². The molecule has 3 heterocycles. The largest absolute Gasteiger partial charge is 0.340 e. The number of nitrogens with zero attached hydrogens (tertiary/aromatic N) is 3. The van der Waals surface area contributed by atoms with Crippen LogP contribution >= 0.6 is 11.3 Å². The lowest BCUT2D eigenvalue weighted by molar-refractivity contribution is 0.561. The van der Waals surface area contributed by atoms with Crippen molar-refractivity contribution in [2.24, 2.45) is 0 Å². The number of rotatable bonds is 3. The van der Waals surface area contributed by atoms with Crippen LogP contribution in [0.2, 0.25) is 0 Å². The van der Waals surface area contributed by atoms with Gasteiger partial charge in [-0.25, -0.2) is 4.98 Å². The summed E-state index contributed by atoms with van der Waals surface area (Å²) in [6.45, 7) is 6.26. The summed E-state index contributed by atoms with van der Waals surface area (Å²) in [7, 11) is 0. The maximum absolute atomic E-state index is 13.2. The number of hydrogen-bond donors (Lipinski definition) is 1. The van der Waals surface area contributed by atoms with Crippen molar-refractivity contribution >= 4 is 27.5 Å². The lowest BCUT2D eigenvalue weighted by Gasteiger charge is -2.29. The van der Waals surface area contributed by atoms with Crippen LogP contribution in [0, 0.1) is 0 Å². The van der Waals surface area contributed by atoms with Gasteiger partial charge in [-0.1, -0.05) is 30.3 Å². The van der Waals surface area contributed by atoms with Crippen LogP contribution in [0.15, 0.2) is 40.5 Å². The minimum absolute atomic E-state index is 0.0659. The zero-order valence-electron chi connectivity index (χ0n) is 13.7. The summed E-state index contributed by atoms with van der Waals surface area (Å²) < 4.78 is 1.81. The first kappa shape index (κ1) is 15.4. The summed E-state index contributed by atoms with van der Waals surface area (Å²) in [6.07, 6.45) is 0. The van der Waals surface area contributed by atoms with Gasteiger partial charge in [-0.15, -0.1) is 11.3 Å². The molecule has 1 aliphatic rings. The molecular formula is C18H20N4OS. The normalized spacial score (nSPS) is 15.1. The zero-order chi connectivity index (χ0) is 16.5. The molecular weight excluding hydrogens is 320 g/mol. The van der Waals surface area contributed by atoms with Crippen molar-refractivity contribution in [1.82, 2.24) is 14.9 Å². The van der Waals surface area contributed by atoms with Crippen LogP contribution < -0.4 is 15.8 Å². The van der Waals surface area contributed by atoms with Crippen LogP contribution in [0.25, 0.3) is 21.3 Å². The molecule has 0 unspecified atom stereocenters. The Morgan fingerprint density at radius 1 is 1.21 bits per heavy atom. The first-order chi connectivity index (χ1) is 11.8. The Balaban J connectivity index is 1.91. The monoisotopic (exact) mass is 340 g/mol. The minimum Gasteiger partial charge on any atom is -0.340 e. The molecule has 3 aromatic rings. The lowest BCUT2D eigenvalue weighted by atomic mass is 10.1. The third-order valence-electron chi connectivity index (χ3n) is 4.47. The van der Waals surface area contributed by atoms with Crippen molar-refractivity contribution in [2.75, 3.05) is 31.1 Å². The molecule has 1 aliphatic heterocycles. The number of nitrogens with one attached hydrogen (secondary N) is 1. The lowest BCUT2D eigenvalue weighted by Crippen LogP contribution is -2.46. The Bertz CT molecular complexity index is 910. The highest BCUT2D eigenvalue weighted by atomic mass is 32.1. The molecule has 124 valence electrons. The fourth-order valence-corrected chi connectivity index (χ4v) is 4.17. The van der Waals surface area contributed by atoms with Crippen molar-refractivity contribution in [3.05, 3.63) is 46.1 Å². The van der Waals surface area contributed by atoms with E-state index in [2.05, 4.69) is 15.6 Å². The van der Waals surface area contributed by atoms with E-state index in [-0.39, 0.29) is 5.56 Å². The molecule has 0 radical (unpaired) electrons. The summed E-state index contributed by atoms with van der Waals surface area (Å²) in [5, 5.41) is 6.14. The van der Waals surface area contributed by atoms with Gasteiger partial charge in [-0.3, -0.25) is 9.36 Å². The number of fused-ring (bicyclic) bond motifs is 1. The highest BCUT2D eigenvalue weighted by molar-refractivity contribution is 7.17. The summed E-state index contributed by atoms with van der Waals surface area (Å²) in [5.74, 6) is 0.804. The molecule has 0 aliphatic carbocycles. The van der Waals surface area contributed by atoms with Gasteiger partial charge in [0.15, 0.2) is 0 Å². The Morgan fingerprint density at radius 2 is 1.96 bits per heavy atom. The van der Waals surface area contributed by atoms with Crippen LogP contribution in [0.1, 0.15) is 6.92 Å². The number of hydrogen-bond acceptors (Lipinski definition) is 5. The summed E-state index contributed by atoms with van der Waals surface area (Å²) in [6, 6.07) is 10.1. The molecule has 1 N–H and O–H groups in total. The predicted octanol–water partition coefficient (Wildman–Crippen LogP) is 2.55. The van der Waals surface area contributed by atoms with Crippen molar-refractivity contribution in [1.29, 1.82) is 0 Å². The number of aromatic nitrogens is 2. The molecule has 0 atom stereocenters. The molecule has 1 fully saturated rings. The van der Waals surface area contributed by atoms with E-state index < -0.39 is 0 Å². The van der Waals surface area contributed by atoms with E-state index in [9.17, 15) is 4.79 Å². The van der Waals surface area contributed by atoms with E-state index in [1.54, 1.807) is 11.3 Å². The first-order valence-corrected chi connectivity index (χ1v) is 9.20. The second kappa shape index (κ2) is 6.37. The molecule has 0 bridgehead atoms. The Labute approximate surface area is 144 Å². The third-order valence-corrected chi connectivity index (χ3v) is 5.35. The molecule has 1 saturated heterocycles. The second-order valence-electron chi connectivity index (χ2n) is 5.89. The molecule has 6 heteroatoms. The van der Waals surface area contributed by atoms with Crippen molar-refractivity contribution in [3.8, 4) is 11.1 Å². The van der Waals surface area contributed by atoms with Gasteiger partial charge >= 0.3 is 0 Å². The van der Waals surface area contributed by atoms with E-state index in [1.807, 2.05) is 41.8 Å². The molecule has 2 aromatic heterocycles. The fourth-order valence-electron chi connectivity index (χ4n) is 3.24. The van der Waals surface area contributed by atoms with Gasteiger partial charge in [0.05, 0.1) is 5.39 Å². The van der Waals surface area contributed by atoms with E-state index >= 15 is 0 Å². The topological polar surface area (TPSA) is 50.2 Å². The quantitative estimate of drug-likeness (QED) is 0.796. The maximum atomic E-state index is 13.2. The summed E-state index contributed by atoms with van der Waals surface area (Å²) >= 11 is 1.55. The number of thiophene rings is 1. The Morgan fingerprint density at radius 3 is 2.67 bits per heavy atom. The highest BCUT2D eigenvalue weighted by Gasteiger charge is 2.20. The molecule has 1 aromatic carbocycles. The molecule has 0 saturated carbocycles. The molecule has 0 spiro atoms. The minimum atomic E-state index is 0.0659. The summed E-state index contributed by atoms with van der Waals surface area (Å²) in [5.41, 5.74) is 2.12. The van der Waals surface area contributed by atoms with Crippen molar-refractivity contribution < 1.29 is 0 Å². The van der Waals surface area contributed by atoms with Crippen LogP contribution in [0.4, 0.5) is 5.95 Å². The van der Waals surface area contributed by atoms with Gasteiger partial charge in [-0.2, -0.15) is 0 Å². The smallest absolute Gasteiger partial charge is 0.264 e. The van der Waals surface area contributed by atoms with Crippen LogP contribution in [0.5, 0.6) is 0 Å². The zero-order valence-corrected chi connectivity index (χ0v) is 14.5. The number of benzene rings is 1. The Kier molecular flexibility index (Phi) is 4.08. The molecule has 0 amide bonds. The second-order valence-corrected chi connectivity index (χ2v) is 6.75. The first-order valence-electron chi connectivity index (χ1n) is 8.32. The predicted molar refractivity (Wildman–Crippen MR) is 100 cm³/mol. The van der Waals surface area contributed by atoms with Crippen LogP contribution in [-0.4, -0.2) is 35.7 Å². The van der Waals surface area contributed by atoms with Crippen molar-refractivity contribution in [2.45, 2.75) is 13.5 Å². The highest BCUT2D eigenvalue weighted by Crippen LogP contribution is 2.31. The van der Waals surface area contributed by atoms with Crippen molar-refractivity contribution in [3.63, 3.8) is 0 Å². The van der Waals surface area contributed by atoms with Gasteiger partial charge in [0.25, 0.3) is 5.56 Å². The average Bonchev–Trinajstić information content (AvgIpc) is 3.07. The number of anilines is 1. The van der Waals surface area contributed by atoms with E-state index in [0.29, 0.717) is 6.54 Å². The van der Waals surface area contributed by atoms with Gasteiger partial charge in [0.1, 0.15) is 4.83 Å². The van der Waals surface area contributed by atoms with Crippen LogP contribution in [0.3, 0.4) is 0 Å². The fraction of sp³-hybridized carbons (Fsp3) is 0.333. The van der Waals surface area contributed by atoms with Gasteiger partial charge < -0.3 is 10.2 Å². The molecule has 4 rings (SSSR count). The Hall–Kier alpha value is -2.18. The van der Waals surface area contributed by atoms with E-state index in [4.69, 9.17) is 4.98 Å². The van der Waals surface area contributed by atoms with Gasteiger partial charge in [-0.05, 0) is 12.5 Å². The molecule has 5 nitrogen and oxygen atoms in total. The van der Waals surface area contributed by atoms with E-state index in [0.717, 1.165) is 53.5 Å². The SMILES string of the molecule is CCn1c(N2CCNCC2)nc2scc(-c3ccccc3)c2c1=O. The molecule has 24 heavy (non-hydrogen) atoms. The maximum Gasteiger partial charge on any atom is 0.264 e. The standard InChI is InChI=1S/C18H20N4OS/c1-2-22-17(23)15-14(13-6-4-3-5-7-13)12-24-16(15)20-18(22)21-10-8-19-9-11-21/h3-7,12,19H,2,8-11H2,1H3. The van der Waals surface area contributed by atoms with E-state index in [1.165, 1.54) is 0 Å².